The molecule has 2 N–H and O–H groups in total. The monoisotopic (exact) mass is 296 g/mol. The fourth-order valence-corrected chi connectivity index (χ4v) is 1.70. The molecule has 1 aliphatic rings. The molecule has 0 saturated carbocycles. The zero-order valence-electron chi connectivity index (χ0n) is 12.6. The van der Waals surface area contributed by atoms with Crippen LogP contribution in [0.5, 0.6) is 0 Å². The molecule has 7 heteroatoms. The van der Waals surface area contributed by atoms with Crippen molar-refractivity contribution in [2.24, 2.45) is 5.92 Å². The molecular weight excluding hydrogens is 276 g/mol. The van der Waals surface area contributed by atoms with Gasteiger partial charge in [0.15, 0.2) is 0 Å². The number of carbonyl (C=O) groups is 3. The Kier molecular flexibility index (Phi) is 5.59. The molecule has 1 rings (SSSR count). The van der Waals surface area contributed by atoms with Gasteiger partial charge in [-0.15, -0.1) is 0 Å². The normalized spacial score (nSPS) is 18.7. The summed E-state index contributed by atoms with van der Waals surface area (Å²) in [6.45, 7) is 5.41. The van der Waals surface area contributed by atoms with Crippen molar-refractivity contribution in [3.05, 3.63) is 0 Å². The minimum Gasteiger partial charge on any atom is -0.467 e. The van der Waals surface area contributed by atoms with Crippen molar-refractivity contribution < 1.29 is 23.9 Å². The molecular formula is C14H20N2O5. The lowest BCUT2D eigenvalue weighted by Gasteiger charge is -2.24. The van der Waals surface area contributed by atoms with Gasteiger partial charge in [-0.05, 0) is 20.8 Å². The van der Waals surface area contributed by atoms with E-state index in [2.05, 4.69) is 27.2 Å². The number of methoxy groups -OCH3 is 1. The van der Waals surface area contributed by atoms with Gasteiger partial charge in [0.1, 0.15) is 17.6 Å². The Balaban J connectivity index is 2.71. The highest BCUT2D eigenvalue weighted by atomic mass is 16.6. The zero-order chi connectivity index (χ0) is 16.0. The minimum absolute atomic E-state index is 0.0325. The first-order chi connectivity index (χ1) is 9.73. The van der Waals surface area contributed by atoms with Gasteiger partial charge in [0, 0.05) is 6.42 Å². The van der Waals surface area contributed by atoms with E-state index in [-0.39, 0.29) is 18.9 Å². The van der Waals surface area contributed by atoms with Gasteiger partial charge in [0.05, 0.1) is 13.7 Å². The summed E-state index contributed by atoms with van der Waals surface area (Å²) >= 11 is 0. The Morgan fingerprint density at radius 1 is 1.48 bits per heavy atom. The van der Waals surface area contributed by atoms with Crippen LogP contribution in [0.4, 0.5) is 4.79 Å². The van der Waals surface area contributed by atoms with Crippen molar-refractivity contribution >= 4 is 18.0 Å². The van der Waals surface area contributed by atoms with Crippen LogP contribution in [0.25, 0.3) is 0 Å². The van der Waals surface area contributed by atoms with Gasteiger partial charge in [0.25, 0.3) is 0 Å². The number of carbonyl (C=O) groups excluding carboxylic acids is 3. The van der Waals surface area contributed by atoms with Crippen LogP contribution in [0.15, 0.2) is 0 Å². The van der Waals surface area contributed by atoms with Gasteiger partial charge >= 0.3 is 12.1 Å². The van der Waals surface area contributed by atoms with Crippen LogP contribution in [-0.4, -0.2) is 43.3 Å². The summed E-state index contributed by atoms with van der Waals surface area (Å²) in [7, 11) is 1.21. The molecule has 0 spiro atoms. The van der Waals surface area contributed by atoms with Crippen LogP contribution < -0.4 is 10.6 Å². The highest BCUT2D eigenvalue weighted by Gasteiger charge is 2.30. The maximum Gasteiger partial charge on any atom is 0.408 e. The second kappa shape index (κ2) is 6.97. The third kappa shape index (κ3) is 5.73. The summed E-state index contributed by atoms with van der Waals surface area (Å²) in [5.41, 5.74) is -0.688. The van der Waals surface area contributed by atoms with Crippen molar-refractivity contribution in [2.75, 3.05) is 13.7 Å². The molecule has 0 aliphatic carbocycles. The Hall–Kier alpha value is -2.23. The van der Waals surface area contributed by atoms with E-state index < -0.39 is 29.6 Å². The van der Waals surface area contributed by atoms with E-state index in [1.165, 1.54) is 7.11 Å². The van der Waals surface area contributed by atoms with Crippen LogP contribution in [0.2, 0.25) is 0 Å². The standard InChI is InChI=1S/C14H20N2O5/c1-14(2,3)21-13(19)16-10(12(18)20-4)8-9-6-5-7-15-11(9)17/h9-10H,7-8H2,1-4H3,(H,15,17)(H,16,19)/t9-,10-/m0/s1. The van der Waals surface area contributed by atoms with E-state index in [4.69, 9.17) is 4.74 Å². The summed E-state index contributed by atoms with van der Waals surface area (Å²) in [4.78, 5) is 35.1. The molecule has 116 valence electrons. The first-order valence-electron chi connectivity index (χ1n) is 6.56. The van der Waals surface area contributed by atoms with Gasteiger partial charge < -0.3 is 20.1 Å². The van der Waals surface area contributed by atoms with E-state index in [9.17, 15) is 14.4 Å². The molecule has 0 radical (unpaired) electrons. The van der Waals surface area contributed by atoms with Gasteiger partial charge in [-0.2, -0.15) is 0 Å². The molecule has 21 heavy (non-hydrogen) atoms. The predicted molar refractivity (Wildman–Crippen MR) is 74.1 cm³/mol. The van der Waals surface area contributed by atoms with Crippen molar-refractivity contribution in [3.63, 3.8) is 0 Å². The number of esters is 1. The number of rotatable bonds is 4. The Morgan fingerprint density at radius 2 is 2.14 bits per heavy atom. The van der Waals surface area contributed by atoms with E-state index in [0.717, 1.165) is 0 Å². The number of nitrogens with one attached hydrogen (secondary N) is 2. The first-order valence-corrected chi connectivity index (χ1v) is 6.56. The number of ether oxygens (including phenoxy) is 2. The fourth-order valence-electron chi connectivity index (χ4n) is 1.70. The smallest absolute Gasteiger partial charge is 0.408 e. The number of amides is 2. The highest BCUT2D eigenvalue weighted by molar-refractivity contribution is 5.86. The Bertz CT molecular complexity index is 484. The maximum absolute atomic E-state index is 11.7. The SMILES string of the molecule is COC(=O)[C@H](C[C@@H]1C#CCNC1=O)NC(=O)OC(C)(C)C. The van der Waals surface area contributed by atoms with E-state index >= 15 is 0 Å². The van der Waals surface area contributed by atoms with Gasteiger partial charge in [0.2, 0.25) is 5.91 Å². The third-order valence-corrected chi connectivity index (χ3v) is 2.59. The average molecular weight is 296 g/mol. The van der Waals surface area contributed by atoms with Gasteiger partial charge in [-0.25, -0.2) is 9.59 Å². The molecule has 0 fully saturated rings. The summed E-state index contributed by atoms with van der Waals surface area (Å²) in [6, 6.07) is -0.993. The molecule has 7 nitrogen and oxygen atoms in total. The third-order valence-electron chi connectivity index (χ3n) is 2.59. The lowest BCUT2D eigenvalue weighted by molar-refractivity contribution is -0.143. The topological polar surface area (TPSA) is 93.7 Å². The number of alkyl carbamates (subject to hydrolysis) is 1. The van der Waals surface area contributed by atoms with Crippen LogP contribution in [0.1, 0.15) is 27.2 Å². The van der Waals surface area contributed by atoms with E-state index in [1.807, 2.05) is 0 Å². The Morgan fingerprint density at radius 3 is 2.67 bits per heavy atom. The molecule has 1 aliphatic heterocycles. The first kappa shape index (κ1) is 16.8. The van der Waals surface area contributed by atoms with Crippen LogP contribution in [0.3, 0.4) is 0 Å². The van der Waals surface area contributed by atoms with Gasteiger partial charge in [-0.1, -0.05) is 11.8 Å². The number of hydrogen-bond donors (Lipinski definition) is 2. The molecule has 1 heterocycles. The largest absolute Gasteiger partial charge is 0.467 e. The zero-order valence-corrected chi connectivity index (χ0v) is 12.6. The summed E-state index contributed by atoms with van der Waals surface area (Å²) in [5, 5.41) is 4.99. The van der Waals surface area contributed by atoms with Crippen LogP contribution >= 0.6 is 0 Å². The highest BCUT2D eigenvalue weighted by Crippen LogP contribution is 2.12. The molecule has 0 aromatic heterocycles. The molecule has 2 atom stereocenters. The van der Waals surface area contributed by atoms with Crippen molar-refractivity contribution in [1.29, 1.82) is 0 Å². The summed E-state index contributed by atoms with van der Waals surface area (Å²) < 4.78 is 9.72. The predicted octanol–water partition coefficient (Wildman–Crippen LogP) is 0.192. The lowest BCUT2D eigenvalue weighted by Crippen LogP contribution is -2.47. The molecule has 0 unspecified atom stereocenters. The Labute approximate surface area is 123 Å². The van der Waals surface area contributed by atoms with Crippen LogP contribution in [-0.2, 0) is 19.1 Å². The maximum atomic E-state index is 11.7. The quantitative estimate of drug-likeness (QED) is 0.570. The second-order valence-electron chi connectivity index (χ2n) is 5.55. The average Bonchev–Trinajstić information content (AvgIpc) is 2.37. The van der Waals surface area contributed by atoms with E-state index in [0.29, 0.717) is 0 Å². The van der Waals surface area contributed by atoms with E-state index in [1.54, 1.807) is 20.8 Å². The molecule has 2 amide bonds. The van der Waals surface area contributed by atoms with Crippen molar-refractivity contribution in [2.45, 2.75) is 38.8 Å². The summed E-state index contributed by atoms with van der Waals surface area (Å²) in [6.07, 6.45) is -0.716. The van der Waals surface area contributed by atoms with Crippen LogP contribution in [0, 0.1) is 17.8 Å². The molecule has 0 aromatic rings. The fraction of sp³-hybridized carbons (Fsp3) is 0.643. The van der Waals surface area contributed by atoms with Crippen molar-refractivity contribution in [1.82, 2.24) is 10.6 Å². The second-order valence-corrected chi connectivity index (χ2v) is 5.55. The van der Waals surface area contributed by atoms with Crippen molar-refractivity contribution in [3.8, 4) is 11.8 Å². The molecule has 0 aromatic carbocycles. The molecule has 0 saturated heterocycles. The molecule has 0 bridgehead atoms. The summed E-state index contributed by atoms with van der Waals surface area (Å²) in [5.74, 6) is 3.89. The lowest BCUT2D eigenvalue weighted by atomic mass is 9.98. The van der Waals surface area contributed by atoms with Gasteiger partial charge in [-0.3, -0.25) is 4.79 Å². The number of hydrogen-bond acceptors (Lipinski definition) is 5. The minimum atomic E-state index is -0.993.